The number of hydrogen-bond acceptors (Lipinski definition) is 5. The smallest absolute Gasteiger partial charge is 0.271 e. The summed E-state index contributed by atoms with van der Waals surface area (Å²) in [5.41, 5.74) is 0.438. The summed E-state index contributed by atoms with van der Waals surface area (Å²) in [5, 5.41) is 7.00. The van der Waals surface area contributed by atoms with Crippen LogP contribution in [0.2, 0.25) is 0 Å². The van der Waals surface area contributed by atoms with E-state index in [9.17, 15) is 18.4 Å². The molecule has 0 aliphatic rings. The van der Waals surface area contributed by atoms with E-state index >= 15 is 0 Å². The second kappa shape index (κ2) is 8.47. The van der Waals surface area contributed by atoms with Crippen LogP contribution in [-0.4, -0.2) is 31.7 Å². The molecule has 0 unspecified atom stereocenters. The molecule has 9 heteroatoms. The van der Waals surface area contributed by atoms with Crippen molar-refractivity contribution in [2.24, 2.45) is 0 Å². The zero-order valence-electron chi connectivity index (χ0n) is 15.0. The van der Waals surface area contributed by atoms with Gasteiger partial charge >= 0.3 is 0 Å². The summed E-state index contributed by atoms with van der Waals surface area (Å²) in [7, 11) is 0. The molecule has 1 atom stereocenters. The maximum absolute atomic E-state index is 13.5. The first-order chi connectivity index (χ1) is 13.5. The van der Waals surface area contributed by atoms with E-state index in [1.54, 1.807) is 0 Å². The molecule has 0 fully saturated rings. The second-order valence-corrected chi connectivity index (χ2v) is 6.04. The van der Waals surface area contributed by atoms with Gasteiger partial charge in [0.05, 0.1) is 18.4 Å². The quantitative estimate of drug-likeness (QED) is 0.703. The molecule has 1 amide bonds. The monoisotopic (exact) mass is 385 g/mol. The van der Waals surface area contributed by atoms with Crippen molar-refractivity contribution in [3.8, 4) is 11.3 Å². The Bertz CT molecular complexity index is 1040. The van der Waals surface area contributed by atoms with Crippen molar-refractivity contribution in [1.29, 1.82) is 0 Å². The lowest BCUT2D eigenvalue weighted by Gasteiger charge is -2.17. The number of aromatic nitrogens is 4. The van der Waals surface area contributed by atoms with Crippen LogP contribution in [0.1, 0.15) is 23.8 Å². The molecular weight excluding hydrogens is 368 g/mol. The number of hydrogen-bond donors (Lipinski definition) is 1. The third-order valence-electron chi connectivity index (χ3n) is 4.10. The normalized spacial score (nSPS) is 11.8. The van der Waals surface area contributed by atoms with Gasteiger partial charge in [0, 0.05) is 30.1 Å². The van der Waals surface area contributed by atoms with Crippen LogP contribution < -0.4 is 10.9 Å². The van der Waals surface area contributed by atoms with Crippen molar-refractivity contribution in [2.75, 3.05) is 0 Å². The minimum Gasteiger partial charge on any atom is -0.346 e. The topological polar surface area (TPSA) is 89.8 Å². The van der Waals surface area contributed by atoms with Gasteiger partial charge in [-0.3, -0.25) is 14.6 Å². The number of carbonyl (C=O) groups is 1. The van der Waals surface area contributed by atoms with Gasteiger partial charge in [-0.2, -0.15) is 5.10 Å². The summed E-state index contributed by atoms with van der Waals surface area (Å²) < 4.78 is 27.8. The Morgan fingerprint density at radius 3 is 2.68 bits per heavy atom. The van der Waals surface area contributed by atoms with Gasteiger partial charge in [-0.1, -0.05) is 6.92 Å². The maximum Gasteiger partial charge on any atom is 0.271 e. The average molecular weight is 385 g/mol. The number of amides is 1. The highest BCUT2D eigenvalue weighted by molar-refractivity contribution is 5.92. The molecule has 144 valence electrons. The molecule has 0 radical (unpaired) electrons. The molecule has 0 aliphatic carbocycles. The number of carbonyl (C=O) groups excluding carboxylic acids is 1. The lowest BCUT2D eigenvalue weighted by atomic mass is 10.1. The van der Waals surface area contributed by atoms with E-state index in [1.807, 2.05) is 6.92 Å². The lowest BCUT2D eigenvalue weighted by molar-refractivity contribution is 0.0925. The predicted octanol–water partition coefficient (Wildman–Crippen LogP) is 2.19. The van der Waals surface area contributed by atoms with Gasteiger partial charge in [0.1, 0.15) is 5.69 Å². The fourth-order valence-electron chi connectivity index (χ4n) is 2.55. The molecule has 3 rings (SSSR count). The Labute approximate surface area is 159 Å². The average Bonchev–Trinajstić information content (AvgIpc) is 2.71. The molecule has 1 N–H and O–H groups in total. The lowest BCUT2D eigenvalue weighted by Crippen LogP contribution is -2.40. The Hall–Kier alpha value is -3.49. The zero-order valence-corrected chi connectivity index (χ0v) is 15.0. The maximum atomic E-state index is 13.5. The molecule has 0 saturated heterocycles. The highest BCUT2D eigenvalue weighted by Crippen LogP contribution is 2.18. The summed E-state index contributed by atoms with van der Waals surface area (Å²) in [6.45, 7) is 1.96. The fourth-order valence-corrected chi connectivity index (χ4v) is 2.55. The Morgan fingerprint density at radius 2 is 2.00 bits per heavy atom. The van der Waals surface area contributed by atoms with Crippen LogP contribution >= 0.6 is 0 Å². The fraction of sp³-hybridized carbons (Fsp3) is 0.211. The second-order valence-electron chi connectivity index (χ2n) is 6.04. The SMILES string of the molecule is CC[C@@H](Cn1nc(-c2ccc(F)c(F)c2)ccc1=O)NC(=O)c1cnccn1. The van der Waals surface area contributed by atoms with Gasteiger partial charge < -0.3 is 5.32 Å². The molecule has 1 aromatic carbocycles. The summed E-state index contributed by atoms with van der Waals surface area (Å²) in [6.07, 6.45) is 4.75. The first-order valence-corrected chi connectivity index (χ1v) is 8.58. The third kappa shape index (κ3) is 4.43. The first-order valence-electron chi connectivity index (χ1n) is 8.58. The van der Waals surface area contributed by atoms with Gasteiger partial charge in [0.25, 0.3) is 11.5 Å². The molecule has 0 spiro atoms. The summed E-state index contributed by atoms with van der Waals surface area (Å²) in [6, 6.07) is 5.73. The van der Waals surface area contributed by atoms with Crippen LogP contribution in [0.3, 0.4) is 0 Å². The van der Waals surface area contributed by atoms with Crippen LogP contribution in [0, 0.1) is 11.6 Å². The van der Waals surface area contributed by atoms with Crippen molar-refractivity contribution >= 4 is 5.91 Å². The molecule has 2 aromatic heterocycles. The first kappa shape index (κ1) is 19.3. The van der Waals surface area contributed by atoms with E-state index in [4.69, 9.17) is 0 Å². The van der Waals surface area contributed by atoms with Crippen LogP contribution in [0.5, 0.6) is 0 Å². The number of halogens is 2. The zero-order chi connectivity index (χ0) is 20.1. The molecule has 3 aromatic rings. The van der Waals surface area contributed by atoms with Crippen molar-refractivity contribution in [1.82, 2.24) is 25.1 Å². The highest BCUT2D eigenvalue weighted by Gasteiger charge is 2.16. The Kier molecular flexibility index (Phi) is 5.83. The molecular formula is C19H17F2N5O2. The summed E-state index contributed by atoms with van der Waals surface area (Å²) >= 11 is 0. The van der Waals surface area contributed by atoms with Crippen LogP contribution in [0.15, 0.2) is 53.7 Å². The Morgan fingerprint density at radius 1 is 1.18 bits per heavy atom. The van der Waals surface area contributed by atoms with E-state index < -0.39 is 17.5 Å². The van der Waals surface area contributed by atoms with Gasteiger partial charge in [-0.05, 0) is 30.7 Å². The van der Waals surface area contributed by atoms with Gasteiger partial charge in [0.2, 0.25) is 0 Å². The van der Waals surface area contributed by atoms with Crippen LogP contribution in [0.25, 0.3) is 11.3 Å². The van der Waals surface area contributed by atoms with Crippen LogP contribution in [-0.2, 0) is 6.54 Å². The number of nitrogens with one attached hydrogen (secondary N) is 1. The largest absolute Gasteiger partial charge is 0.346 e. The molecule has 0 bridgehead atoms. The minimum atomic E-state index is -1.00. The summed E-state index contributed by atoms with van der Waals surface area (Å²) in [5.74, 6) is -2.38. The van der Waals surface area contributed by atoms with E-state index in [2.05, 4.69) is 20.4 Å². The van der Waals surface area contributed by atoms with E-state index in [0.717, 1.165) is 12.1 Å². The van der Waals surface area contributed by atoms with Gasteiger partial charge in [-0.15, -0.1) is 0 Å². The third-order valence-corrected chi connectivity index (χ3v) is 4.10. The van der Waals surface area contributed by atoms with Crippen LogP contribution in [0.4, 0.5) is 8.78 Å². The molecule has 0 aliphatic heterocycles. The van der Waals surface area contributed by atoms with Crippen molar-refractivity contribution in [3.05, 3.63) is 76.6 Å². The van der Waals surface area contributed by atoms with Gasteiger partial charge in [-0.25, -0.2) is 18.4 Å². The van der Waals surface area contributed by atoms with E-state index in [0.29, 0.717) is 17.7 Å². The number of benzene rings is 1. The highest BCUT2D eigenvalue weighted by atomic mass is 19.2. The minimum absolute atomic E-state index is 0.110. The van der Waals surface area contributed by atoms with E-state index in [1.165, 1.54) is 41.5 Å². The van der Waals surface area contributed by atoms with Crippen molar-refractivity contribution < 1.29 is 13.6 Å². The summed E-state index contributed by atoms with van der Waals surface area (Å²) in [4.78, 5) is 32.2. The van der Waals surface area contributed by atoms with E-state index in [-0.39, 0.29) is 23.8 Å². The molecule has 2 heterocycles. The number of nitrogens with zero attached hydrogens (tertiary/aromatic N) is 4. The molecule has 28 heavy (non-hydrogen) atoms. The Balaban J connectivity index is 1.81. The standard InChI is InChI=1S/C19H17F2N5O2/c1-2-13(24-19(28)17-10-22-7-8-23-17)11-26-18(27)6-5-16(25-26)12-3-4-14(20)15(21)9-12/h3-10,13H,2,11H2,1H3,(H,24,28)/t13-/m0/s1. The molecule has 7 nitrogen and oxygen atoms in total. The van der Waals surface area contributed by atoms with Gasteiger partial charge in [0.15, 0.2) is 11.6 Å². The van der Waals surface area contributed by atoms with Crippen molar-refractivity contribution in [3.63, 3.8) is 0 Å². The molecule has 0 saturated carbocycles. The number of rotatable bonds is 6. The van der Waals surface area contributed by atoms with Crippen molar-refractivity contribution in [2.45, 2.75) is 25.9 Å². The predicted molar refractivity (Wildman–Crippen MR) is 97.4 cm³/mol.